The molecule has 0 aliphatic heterocycles. The third-order valence-electron chi connectivity index (χ3n) is 6.26. The van der Waals surface area contributed by atoms with Crippen LogP contribution in [-0.2, 0) is 0 Å². The predicted molar refractivity (Wildman–Crippen MR) is 164 cm³/mol. The van der Waals surface area contributed by atoms with E-state index in [-0.39, 0.29) is 23.1 Å². The van der Waals surface area contributed by atoms with Crippen molar-refractivity contribution in [3.05, 3.63) is 79.0 Å². The van der Waals surface area contributed by atoms with Gasteiger partial charge in [0.25, 0.3) is 5.56 Å². The Bertz CT molecular complexity index is 1710. The van der Waals surface area contributed by atoms with Gasteiger partial charge in [-0.2, -0.15) is 9.78 Å². The topological polar surface area (TPSA) is 74.9 Å². The summed E-state index contributed by atoms with van der Waals surface area (Å²) in [6, 6.07) is 12.9. The highest BCUT2D eigenvalue weighted by molar-refractivity contribution is 9.10. The van der Waals surface area contributed by atoms with Crippen LogP contribution in [0.5, 0.6) is 17.2 Å². The van der Waals surface area contributed by atoms with Crippen LogP contribution < -0.4 is 19.8 Å². The second kappa shape index (κ2) is 12.6. The van der Waals surface area contributed by atoms with Gasteiger partial charge in [-0.15, -0.1) is 6.42 Å². The standard InChI is InChI=1S/C31H29BrClN3O4/c1-7-13-40-29-26(39-8-2)15-20(27(32)28(29)33)17-34-36-30(35-24-12-10-9-11-21(24)31(36)37)23-16-22(18(3)4)25(38-6)14-19(23)5/h1,9-12,14-18H,8,13H2,2-6H3. The minimum atomic E-state index is -0.306. The molecule has 0 unspecified atom stereocenters. The molecule has 0 N–H and O–H groups in total. The molecule has 1 aromatic heterocycles. The van der Waals surface area contributed by atoms with E-state index in [1.165, 1.54) is 10.9 Å². The van der Waals surface area contributed by atoms with Crippen molar-refractivity contribution in [2.75, 3.05) is 20.3 Å². The van der Waals surface area contributed by atoms with Crippen LogP contribution in [0.15, 0.2) is 56.8 Å². The maximum absolute atomic E-state index is 13.8. The van der Waals surface area contributed by atoms with E-state index in [4.69, 9.17) is 37.2 Å². The first-order chi connectivity index (χ1) is 19.2. The van der Waals surface area contributed by atoms with Gasteiger partial charge in [-0.25, -0.2) is 4.98 Å². The summed E-state index contributed by atoms with van der Waals surface area (Å²) in [4.78, 5) is 18.7. The van der Waals surface area contributed by atoms with Crippen LogP contribution in [0.3, 0.4) is 0 Å². The number of benzene rings is 3. The predicted octanol–water partition coefficient (Wildman–Crippen LogP) is 7.21. The molecule has 7 nitrogen and oxygen atoms in total. The first-order valence-electron chi connectivity index (χ1n) is 12.7. The van der Waals surface area contributed by atoms with Crippen molar-refractivity contribution in [3.63, 3.8) is 0 Å². The first-order valence-corrected chi connectivity index (χ1v) is 13.8. The van der Waals surface area contributed by atoms with E-state index in [0.29, 0.717) is 44.9 Å². The summed E-state index contributed by atoms with van der Waals surface area (Å²) < 4.78 is 18.8. The Labute approximate surface area is 246 Å². The highest BCUT2D eigenvalue weighted by atomic mass is 79.9. The van der Waals surface area contributed by atoms with Gasteiger partial charge in [0.2, 0.25) is 0 Å². The lowest BCUT2D eigenvalue weighted by molar-refractivity contribution is 0.299. The molecule has 0 fully saturated rings. The van der Waals surface area contributed by atoms with Crippen molar-refractivity contribution in [1.29, 1.82) is 0 Å². The number of hydrogen-bond donors (Lipinski definition) is 0. The number of nitrogens with zero attached hydrogens (tertiary/aromatic N) is 3. The largest absolute Gasteiger partial charge is 0.496 e. The Balaban J connectivity index is 1.96. The number of para-hydroxylation sites is 1. The highest BCUT2D eigenvalue weighted by Crippen LogP contribution is 2.42. The minimum absolute atomic E-state index is 0.0285. The van der Waals surface area contributed by atoms with Gasteiger partial charge < -0.3 is 14.2 Å². The molecule has 0 spiro atoms. The molecule has 4 rings (SSSR count). The Hall–Kier alpha value is -3.80. The average Bonchev–Trinajstić information content (AvgIpc) is 2.94. The fourth-order valence-electron chi connectivity index (χ4n) is 4.30. The van der Waals surface area contributed by atoms with Crippen LogP contribution in [0.4, 0.5) is 0 Å². The fraction of sp³-hybridized carbons (Fsp3) is 0.258. The molecule has 0 saturated heterocycles. The maximum Gasteiger partial charge on any atom is 0.282 e. The highest BCUT2D eigenvalue weighted by Gasteiger charge is 2.20. The van der Waals surface area contributed by atoms with Gasteiger partial charge in [-0.1, -0.05) is 43.5 Å². The normalized spacial score (nSPS) is 11.3. The molecule has 0 atom stereocenters. The van der Waals surface area contributed by atoms with E-state index in [2.05, 4.69) is 40.8 Å². The van der Waals surface area contributed by atoms with Crippen LogP contribution in [-0.4, -0.2) is 36.2 Å². The van der Waals surface area contributed by atoms with E-state index in [1.54, 1.807) is 25.3 Å². The van der Waals surface area contributed by atoms with E-state index < -0.39 is 0 Å². The van der Waals surface area contributed by atoms with Crippen LogP contribution in [0.25, 0.3) is 22.3 Å². The second-order valence-electron chi connectivity index (χ2n) is 9.22. The molecule has 0 saturated carbocycles. The molecule has 40 heavy (non-hydrogen) atoms. The van der Waals surface area contributed by atoms with E-state index >= 15 is 0 Å². The molecule has 0 bridgehead atoms. The minimum Gasteiger partial charge on any atom is -0.496 e. The number of halogens is 2. The summed E-state index contributed by atoms with van der Waals surface area (Å²) >= 11 is 10.1. The molecule has 0 aliphatic carbocycles. The quantitative estimate of drug-likeness (QED) is 0.146. The zero-order chi connectivity index (χ0) is 29.0. The summed E-state index contributed by atoms with van der Waals surface area (Å²) in [5, 5.41) is 5.35. The summed E-state index contributed by atoms with van der Waals surface area (Å²) in [5.74, 6) is 4.53. The summed E-state index contributed by atoms with van der Waals surface area (Å²) in [6.07, 6.45) is 6.90. The maximum atomic E-state index is 13.8. The van der Waals surface area contributed by atoms with Crippen molar-refractivity contribution in [2.24, 2.45) is 5.10 Å². The Kier molecular flexibility index (Phi) is 9.18. The Morgan fingerprint density at radius 2 is 1.95 bits per heavy atom. The molecule has 1 heterocycles. The van der Waals surface area contributed by atoms with Gasteiger partial charge in [-0.3, -0.25) is 4.79 Å². The number of rotatable bonds is 9. The number of hydrogen-bond acceptors (Lipinski definition) is 6. The average molecular weight is 623 g/mol. The zero-order valence-electron chi connectivity index (χ0n) is 22.9. The van der Waals surface area contributed by atoms with E-state index in [9.17, 15) is 4.79 Å². The zero-order valence-corrected chi connectivity index (χ0v) is 25.3. The van der Waals surface area contributed by atoms with Gasteiger partial charge in [-0.05, 0) is 77.2 Å². The van der Waals surface area contributed by atoms with Crippen LogP contribution in [0.1, 0.15) is 43.4 Å². The molecule has 0 aliphatic rings. The number of ether oxygens (including phenoxy) is 3. The summed E-state index contributed by atoms with van der Waals surface area (Å²) in [5.41, 5.74) is 3.51. The lowest BCUT2D eigenvalue weighted by atomic mass is 9.96. The first kappa shape index (κ1) is 29.2. The SMILES string of the molecule is C#CCOc1c(OCC)cc(C=Nn2c(-c3cc(C(C)C)c(OC)cc3C)nc3ccccc3c2=O)c(Br)c1Cl. The summed E-state index contributed by atoms with van der Waals surface area (Å²) in [7, 11) is 1.65. The van der Waals surface area contributed by atoms with Gasteiger partial charge >= 0.3 is 0 Å². The Morgan fingerprint density at radius 1 is 1.20 bits per heavy atom. The number of aryl methyl sites for hydroxylation is 1. The smallest absolute Gasteiger partial charge is 0.282 e. The molecular formula is C31H29BrClN3O4. The van der Waals surface area contributed by atoms with E-state index in [1.807, 2.05) is 38.1 Å². The van der Waals surface area contributed by atoms with Crippen molar-refractivity contribution >= 4 is 44.6 Å². The lowest BCUT2D eigenvalue weighted by Crippen LogP contribution is -2.21. The molecular weight excluding hydrogens is 594 g/mol. The van der Waals surface area contributed by atoms with Crippen LogP contribution >= 0.6 is 27.5 Å². The number of aromatic nitrogens is 2. The molecule has 0 amide bonds. The Morgan fingerprint density at radius 3 is 2.62 bits per heavy atom. The van der Waals surface area contributed by atoms with Crippen molar-refractivity contribution in [1.82, 2.24) is 9.66 Å². The van der Waals surface area contributed by atoms with E-state index in [0.717, 1.165) is 22.4 Å². The molecule has 3 aromatic carbocycles. The van der Waals surface area contributed by atoms with Crippen LogP contribution in [0.2, 0.25) is 5.02 Å². The molecule has 206 valence electrons. The van der Waals surface area contributed by atoms with Crippen molar-refractivity contribution in [2.45, 2.75) is 33.6 Å². The second-order valence-corrected chi connectivity index (χ2v) is 10.4. The summed E-state index contributed by atoms with van der Waals surface area (Å²) in [6.45, 7) is 8.39. The molecule has 0 radical (unpaired) electrons. The van der Waals surface area contributed by atoms with Gasteiger partial charge in [0.05, 0.1) is 30.8 Å². The third-order valence-corrected chi connectivity index (χ3v) is 7.70. The van der Waals surface area contributed by atoms with Gasteiger partial charge in [0.15, 0.2) is 17.3 Å². The molecule has 9 heteroatoms. The van der Waals surface area contributed by atoms with Crippen molar-refractivity contribution in [3.8, 4) is 41.0 Å². The third kappa shape index (κ3) is 5.72. The fourth-order valence-corrected chi connectivity index (χ4v) is 4.96. The van der Waals surface area contributed by atoms with Gasteiger partial charge in [0.1, 0.15) is 17.4 Å². The number of methoxy groups -OCH3 is 1. The number of terminal acetylenes is 1. The van der Waals surface area contributed by atoms with Crippen molar-refractivity contribution < 1.29 is 14.2 Å². The lowest BCUT2D eigenvalue weighted by Gasteiger charge is -2.17. The molecule has 4 aromatic rings. The number of fused-ring (bicyclic) bond motifs is 1. The van der Waals surface area contributed by atoms with Gasteiger partial charge in [0, 0.05) is 15.6 Å². The monoisotopic (exact) mass is 621 g/mol. The van der Waals surface area contributed by atoms with Crippen LogP contribution in [0, 0.1) is 19.3 Å².